The van der Waals surface area contributed by atoms with Crippen LogP contribution in [0.15, 0.2) is 53.6 Å². The van der Waals surface area contributed by atoms with Gasteiger partial charge in [0.05, 0.1) is 22.9 Å². The number of benzene rings is 1. The molecule has 124 valence electrons. The number of carbonyl (C=O) groups excluding carboxylic acids is 1. The molecule has 1 amide bonds. The van der Waals surface area contributed by atoms with Crippen molar-refractivity contribution in [3.05, 3.63) is 54.4 Å². The number of H-pyrrole nitrogens is 1. The number of aromatic nitrogens is 3. The predicted molar refractivity (Wildman–Crippen MR) is 88.8 cm³/mol. The first-order valence-corrected chi connectivity index (χ1v) is 9.04. The number of aromatic amines is 1. The Labute approximate surface area is 139 Å². The average Bonchev–Trinajstić information content (AvgIpc) is 3.02. The average molecular weight is 344 g/mol. The molecule has 0 unspecified atom stereocenters. The molecule has 24 heavy (non-hydrogen) atoms. The summed E-state index contributed by atoms with van der Waals surface area (Å²) in [6, 6.07) is 11.8. The van der Waals surface area contributed by atoms with E-state index in [-0.39, 0.29) is 29.5 Å². The molecule has 0 fully saturated rings. The van der Waals surface area contributed by atoms with Crippen molar-refractivity contribution >= 4 is 26.8 Å². The van der Waals surface area contributed by atoms with Crippen molar-refractivity contribution in [1.82, 2.24) is 20.5 Å². The van der Waals surface area contributed by atoms with Gasteiger partial charge in [-0.3, -0.25) is 9.89 Å². The van der Waals surface area contributed by atoms with Crippen molar-refractivity contribution in [2.24, 2.45) is 0 Å². The van der Waals surface area contributed by atoms with E-state index in [1.807, 2.05) is 6.07 Å². The third kappa shape index (κ3) is 3.60. The Bertz CT molecular complexity index is 952. The minimum Gasteiger partial charge on any atom is -0.350 e. The minimum absolute atomic E-state index is 0.0957. The van der Waals surface area contributed by atoms with Gasteiger partial charge in [-0.05, 0) is 24.3 Å². The molecule has 7 nitrogen and oxygen atoms in total. The molecule has 3 rings (SSSR count). The molecular weight excluding hydrogens is 328 g/mol. The Hall–Kier alpha value is -2.74. The van der Waals surface area contributed by atoms with Gasteiger partial charge in [0.1, 0.15) is 0 Å². The first-order valence-electron chi connectivity index (χ1n) is 7.39. The van der Waals surface area contributed by atoms with Crippen LogP contribution in [0.1, 0.15) is 12.1 Å². The number of carbonyl (C=O) groups is 1. The van der Waals surface area contributed by atoms with E-state index in [2.05, 4.69) is 20.5 Å². The summed E-state index contributed by atoms with van der Waals surface area (Å²) in [4.78, 5) is 16.2. The molecule has 2 N–H and O–H groups in total. The summed E-state index contributed by atoms with van der Waals surface area (Å²) in [7, 11) is -3.45. The fourth-order valence-electron chi connectivity index (χ4n) is 2.29. The van der Waals surface area contributed by atoms with Crippen LogP contribution in [-0.4, -0.2) is 35.3 Å². The van der Waals surface area contributed by atoms with Crippen LogP contribution in [0, 0.1) is 0 Å². The van der Waals surface area contributed by atoms with E-state index < -0.39 is 9.84 Å². The first kappa shape index (κ1) is 16.1. The van der Waals surface area contributed by atoms with Crippen LogP contribution in [-0.2, 0) is 21.2 Å². The third-order valence-electron chi connectivity index (χ3n) is 3.57. The van der Waals surface area contributed by atoms with Gasteiger partial charge in [0.2, 0.25) is 5.91 Å². The molecular formula is C16H16N4O3S. The number of pyridine rings is 1. The summed E-state index contributed by atoms with van der Waals surface area (Å²) in [5.74, 6) is -0.560. The maximum Gasteiger partial charge on any atom is 0.221 e. The highest BCUT2D eigenvalue weighted by Crippen LogP contribution is 2.13. The molecule has 2 heterocycles. The third-order valence-corrected chi connectivity index (χ3v) is 5.30. The fourth-order valence-corrected chi connectivity index (χ4v) is 3.55. The monoisotopic (exact) mass is 344 g/mol. The maximum atomic E-state index is 12.1. The van der Waals surface area contributed by atoms with Crippen molar-refractivity contribution in [2.45, 2.75) is 17.9 Å². The lowest BCUT2D eigenvalue weighted by Crippen LogP contribution is -2.25. The molecule has 0 saturated carbocycles. The summed E-state index contributed by atoms with van der Waals surface area (Å²) in [5.41, 5.74) is 1.31. The molecule has 0 bridgehead atoms. The molecule has 1 aromatic carbocycles. The molecule has 0 saturated heterocycles. The van der Waals surface area contributed by atoms with Crippen LogP contribution in [0.2, 0.25) is 0 Å². The molecule has 0 aliphatic rings. The van der Waals surface area contributed by atoms with Gasteiger partial charge in [0.15, 0.2) is 15.5 Å². The Morgan fingerprint density at radius 3 is 2.71 bits per heavy atom. The van der Waals surface area contributed by atoms with Crippen LogP contribution in [0.5, 0.6) is 0 Å². The number of hydrogen-bond donors (Lipinski definition) is 2. The molecule has 0 aliphatic heterocycles. The Morgan fingerprint density at radius 2 is 1.92 bits per heavy atom. The van der Waals surface area contributed by atoms with E-state index >= 15 is 0 Å². The first-order chi connectivity index (χ1) is 11.6. The van der Waals surface area contributed by atoms with Gasteiger partial charge < -0.3 is 5.32 Å². The van der Waals surface area contributed by atoms with Gasteiger partial charge >= 0.3 is 0 Å². The van der Waals surface area contributed by atoms with E-state index in [0.717, 1.165) is 11.1 Å². The van der Waals surface area contributed by atoms with Crippen molar-refractivity contribution in [1.29, 1.82) is 0 Å². The number of rotatable bonds is 6. The highest BCUT2D eigenvalue weighted by molar-refractivity contribution is 7.91. The van der Waals surface area contributed by atoms with E-state index in [4.69, 9.17) is 0 Å². The zero-order chi connectivity index (χ0) is 17.0. The molecule has 3 aromatic rings. The molecule has 0 atom stereocenters. The second-order valence-corrected chi connectivity index (χ2v) is 7.34. The molecule has 0 aliphatic carbocycles. The highest BCUT2D eigenvalue weighted by atomic mass is 32.2. The lowest BCUT2D eigenvalue weighted by atomic mass is 10.2. The van der Waals surface area contributed by atoms with Crippen molar-refractivity contribution in [2.75, 3.05) is 5.75 Å². The molecule has 0 spiro atoms. The Morgan fingerprint density at radius 1 is 1.12 bits per heavy atom. The standard InChI is InChI=1S/C16H16N4O3S/c21-15(8-10-24(22,23)12-5-2-1-3-6-12)18-11-14-13-7-4-9-17-16(13)20-19-14/h1-7,9H,8,10-11H2,(H,18,21)(H,17,19,20). The van der Waals surface area contributed by atoms with Crippen LogP contribution in [0.3, 0.4) is 0 Å². The van der Waals surface area contributed by atoms with Crippen molar-refractivity contribution in [3.63, 3.8) is 0 Å². The number of sulfone groups is 1. The number of fused-ring (bicyclic) bond motifs is 1. The smallest absolute Gasteiger partial charge is 0.221 e. The van der Waals surface area contributed by atoms with Crippen LogP contribution >= 0.6 is 0 Å². The van der Waals surface area contributed by atoms with E-state index in [0.29, 0.717) is 5.65 Å². The number of amides is 1. The molecule has 8 heteroatoms. The SMILES string of the molecule is O=C(CCS(=O)(=O)c1ccccc1)NCc1[nH]nc2ncccc12. The van der Waals surface area contributed by atoms with E-state index in [9.17, 15) is 13.2 Å². The topological polar surface area (TPSA) is 105 Å². The summed E-state index contributed by atoms with van der Waals surface area (Å²) >= 11 is 0. The van der Waals surface area contributed by atoms with Gasteiger partial charge in [-0.2, -0.15) is 5.10 Å². The van der Waals surface area contributed by atoms with Crippen LogP contribution < -0.4 is 5.32 Å². The predicted octanol–water partition coefficient (Wildman–Crippen LogP) is 1.44. The fraction of sp³-hybridized carbons (Fsp3) is 0.188. The lowest BCUT2D eigenvalue weighted by Gasteiger charge is -2.06. The highest BCUT2D eigenvalue weighted by Gasteiger charge is 2.16. The van der Waals surface area contributed by atoms with Gasteiger partial charge in [-0.25, -0.2) is 13.4 Å². The van der Waals surface area contributed by atoms with Crippen LogP contribution in [0.25, 0.3) is 11.0 Å². The van der Waals surface area contributed by atoms with Gasteiger partial charge in [-0.15, -0.1) is 0 Å². The number of nitrogens with zero attached hydrogens (tertiary/aromatic N) is 2. The van der Waals surface area contributed by atoms with E-state index in [1.165, 1.54) is 12.1 Å². The second-order valence-electron chi connectivity index (χ2n) is 5.24. The Balaban J connectivity index is 1.57. The maximum absolute atomic E-state index is 12.1. The zero-order valence-electron chi connectivity index (χ0n) is 12.8. The number of nitrogens with one attached hydrogen (secondary N) is 2. The normalized spacial score (nSPS) is 11.5. The molecule has 0 radical (unpaired) electrons. The van der Waals surface area contributed by atoms with E-state index in [1.54, 1.807) is 30.5 Å². The summed E-state index contributed by atoms with van der Waals surface area (Å²) in [5, 5.41) is 10.4. The largest absolute Gasteiger partial charge is 0.350 e. The summed E-state index contributed by atoms with van der Waals surface area (Å²) in [6.45, 7) is 0.242. The second kappa shape index (κ2) is 6.79. The molecule has 2 aromatic heterocycles. The van der Waals surface area contributed by atoms with Gasteiger partial charge in [0.25, 0.3) is 0 Å². The quantitative estimate of drug-likeness (QED) is 0.704. The summed E-state index contributed by atoms with van der Waals surface area (Å²) < 4.78 is 24.3. The zero-order valence-corrected chi connectivity index (χ0v) is 13.6. The minimum atomic E-state index is -3.45. The van der Waals surface area contributed by atoms with Crippen molar-refractivity contribution in [3.8, 4) is 0 Å². The van der Waals surface area contributed by atoms with Crippen LogP contribution in [0.4, 0.5) is 0 Å². The lowest BCUT2D eigenvalue weighted by molar-refractivity contribution is -0.120. The Kier molecular flexibility index (Phi) is 4.57. The van der Waals surface area contributed by atoms with Gasteiger partial charge in [0, 0.05) is 18.0 Å². The van der Waals surface area contributed by atoms with Gasteiger partial charge in [-0.1, -0.05) is 18.2 Å². The summed E-state index contributed by atoms with van der Waals surface area (Å²) in [6.07, 6.45) is 1.54. The number of hydrogen-bond acceptors (Lipinski definition) is 5. The van der Waals surface area contributed by atoms with Crippen molar-refractivity contribution < 1.29 is 13.2 Å².